The fraction of sp³-hybridized carbons (Fsp3) is 0.917. The second-order valence-electron chi connectivity index (χ2n) is 15.2. The van der Waals surface area contributed by atoms with Crippen LogP contribution in [0.15, 0.2) is 11.6 Å². The van der Waals surface area contributed by atoms with E-state index in [1.807, 2.05) is 0 Å². The maximum atomic E-state index is 12.6. The summed E-state index contributed by atoms with van der Waals surface area (Å²) in [6, 6.07) is 0. The third-order valence-corrected chi connectivity index (χ3v) is 12.3. The Morgan fingerprint density at radius 1 is 0.921 bits per heavy atom. The van der Waals surface area contributed by atoms with Gasteiger partial charge >= 0.3 is 5.97 Å². The topological polar surface area (TPSA) is 26.3 Å². The Balaban J connectivity index is 1.31. The van der Waals surface area contributed by atoms with E-state index in [-0.39, 0.29) is 12.1 Å². The van der Waals surface area contributed by atoms with Crippen LogP contribution < -0.4 is 0 Å². The van der Waals surface area contributed by atoms with Crippen molar-refractivity contribution in [3.63, 3.8) is 0 Å². The van der Waals surface area contributed by atoms with Crippen molar-refractivity contribution in [2.45, 2.75) is 163 Å². The third kappa shape index (κ3) is 6.57. The average molecular weight is 527 g/mol. The van der Waals surface area contributed by atoms with Crippen molar-refractivity contribution < 1.29 is 9.53 Å². The predicted octanol–water partition coefficient (Wildman–Crippen LogP) is 10.7. The highest BCUT2D eigenvalue weighted by Gasteiger charge is 2.59. The summed E-state index contributed by atoms with van der Waals surface area (Å²) in [5.41, 5.74) is 2.54. The molecule has 0 saturated heterocycles. The van der Waals surface area contributed by atoms with Crippen LogP contribution >= 0.6 is 0 Å². The summed E-state index contributed by atoms with van der Waals surface area (Å²) < 4.78 is 6.04. The summed E-state index contributed by atoms with van der Waals surface area (Å²) in [6.07, 6.45) is 25.3. The molecule has 3 saturated carbocycles. The van der Waals surface area contributed by atoms with Crippen LogP contribution in [-0.2, 0) is 9.53 Å². The van der Waals surface area contributed by atoms with E-state index in [0.29, 0.717) is 17.3 Å². The highest BCUT2D eigenvalue weighted by molar-refractivity contribution is 5.69. The molecule has 0 bridgehead atoms. The van der Waals surface area contributed by atoms with E-state index < -0.39 is 0 Å². The van der Waals surface area contributed by atoms with Crippen LogP contribution in [0.3, 0.4) is 0 Å². The summed E-state index contributed by atoms with van der Waals surface area (Å²) in [6.45, 7) is 14.9. The third-order valence-electron chi connectivity index (χ3n) is 12.3. The van der Waals surface area contributed by atoms with Gasteiger partial charge in [0.2, 0.25) is 0 Å². The van der Waals surface area contributed by atoms with E-state index in [2.05, 4.69) is 47.6 Å². The standard InChI is InChI=1S/C36H62O2/c1-7-8-9-10-11-12-16-34(37)38-29-21-23-35(5)28(25-29)17-18-30-32-20-19-31(27(4)15-13-14-26(2)3)36(32,6)24-22-33(30)35/h17,26-27,29-33H,7-16,18-25H2,1-6H3/t27?,29-,30?,31+,32?,33?,35-,36+/m0/s1. The number of esters is 1. The monoisotopic (exact) mass is 526 g/mol. The van der Waals surface area contributed by atoms with E-state index in [0.717, 1.165) is 54.8 Å². The van der Waals surface area contributed by atoms with Crippen LogP contribution in [0.2, 0.25) is 0 Å². The molecule has 4 unspecified atom stereocenters. The molecule has 0 aliphatic heterocycles. The van der Waals surface area contributed by atoms with Crippen LogP contribution in [0.25, 0.3) is 0 Å². The smallest absolute Gasteiger partial charge is 0.306 e. The normalized spacial score (nSPS) is 37.2. The minimum atomic E-state index is 0.0522. The van der Waals surface area contributed by atoms with Gasteiger partial charge in [-0.2, -0.15) is 0 Å². The Morgan fingerprint density at radius 2 is 1.68 bits per heavy atom. The Hall–Kier alpha value is -0.790. The maximum Gasteiger partial charge on any atom is 0.306 e. The predicted molar refractivity (Wildman–Crippen MR) is 161 cm³/mol. The number of carbonyl (C=O) groups is 1. The number of fused-ring (bicyclic) bond motifs is 5. The summed E-state index contributed by atoms with van der Waals surface area (Å²) in [7, 11) is 0. The van der Waals surface area contributed by atoms with Crippen LogP contribution in [0.1, 0.15) is 157 Å². The van der Waals surface area contributed by atoms with Crippen molar-refractivity contribution in [1.82, 2.24) is 0 Å². The van der Waals surface area contributed by atoms with Gasteiger partial charge < -0.3 is 4.74 Å². The van der Waals surface area contributed by atoms with Crippen molar-refractivity contribution in [2.75, 3.05) is 0 Å². The number of hydrogen-bond acceptors (Lipinski definition) is 2. The maximum absolute atomic E-state index is 12.6. The van der Waals surface area contributed by atoms with Gasteiger partial charge in [0.15, 0.2) is 0 Å². The minimum absolute atomic E-state index is 0.0522. The lowest BCUT2D eigenvalue weighted by atomic mass is 9.47. The van der Waals surface area contributed by atoms with E-state index in [4.69, 9.17) is 4.74 Å². The first-order chi connectivity index (χ1) is 18.2. The van der Waals surface area contributed by atoms with E-state index in [9.17, 15) is 4.79 Å². The molecule has 0 radical (unpaired) electrons. The SMILES string of the molecule is CCCCCCCCC(=O)O[C@H]1CC[C@@]2(C)C(=CCC3C2CC[C@@]2(C)C3CC[C@@H]2C(C)CCCC(C)C)C1. The molecule has 218 valence electrons. The summed E-state index contributed by atoms with van der Waals surface area (Å²) >= 11 is 0. The van der Waals surface area contributed by atoms with Gasteiger partial charge in [-0.1, -0.05) is 105 Å². The zero-order chi connectivity index (χ0) is 27.3. The number of allylic oxidation sites excluding steroid dienone is 1. The highest BCUT2D eigenvalue weighted by atomic mass is 16.5. The van der Waals surface area contributed by atoms with Gasteiger partial charge in [-0.15, -0.1) is 0 Å². The van der Waals surface area contributed by atoms with Gasteiger partial charge in [0.25, 0.3) is 0 Å². The van der Waals surface area contributed by atoms with Crippen LogP contribution in [-0.4, -0.2) is 12.1 Å². The van der Waals surface area contributed by atoms with E-state index in [1.165, 1.54) is 89.9 Å². The lowest BCUT2D eigenvalue weighted by Crippen LogP contribution is -2.51. The molecule has 8 atom stereocenters. The van der Waals surface area contributed by atoms with Crippen molar-refractivity contribution >= 4 is 5.97 Å². The highest BCUT2D eigenvalue weighted by Crippen LogP contribution is 2.67. The summed E-state index contributed by atoms with van der Waals surface area (Å²) in [4.78, 5) is 12.6. The van der Waals surface area contributed by atoms with Gasteiger partial charge in [0.1, 0.15) is 6.10 Å². The lowest BCUT2D eigenvalue weighted by Gasteiger charge is -2.58. The zero-order valence-corrected chi connectivity index (χ0v) is 26.2. The Bertz CT molecular complexity index is 797. The fourth-order valence-corrected chi connectivity index (χ4v) is 10.0. The Labute approximate surface area is 236 Å². The Morgan fingerprint density at radius 3 is 2.45 bits per heavy atom. The van der Waals surface area contributed by atoms with Crippen LogP contribution in [0.4, 0.5) is 0 Å². The molecule has 0 spiro atoms. The number of unbranched alkanes of at least 4 members (excludes halogenated alkanes) is 5. The molecule has 4 rings (SSSR count). The number of hydrogen-bond donors (Lipinski definition) is 0. The molecular formula is C36H62O2. The van der Waals surface area contributed by atoms with Crippen molar-refractivity contribution in [2.24, 2.45) is 46.3 Å². The molecule has 4 aliphatic rings. The fourth-order valence-electron chi connectivity index (χ4n) is 10.0. The molecule has 3 fully saturated rings. The molecule has 0 aromatic carbocycles. The van der Waals surface area contributed by atoms with Crippen LogP contribution in [0.5, 0.6) is 0 Å². The quantitative estimate of drug-likeness (QED) is 0.135. The van der Waals surface area contributed by atoms with Crippen LogP contribution in [0, 0.1) is 46.3 Å². The first kappa shape index (κ1) is 30.2. The molecule has 4 aliphatic carbocycles. The van der Waals surface area contributed by atoms with Gasteiger partial charge in [-0.3, -0.25) is 4.79 Å². The van der Waals surface area contributed by atoms with Crippen molar-refractivity contribution in [3.05, 3.63) is 11.6 Å². The number of carbonyl (C=O) groups excluding carboxylic acids is 1. The van der Waals surface area contributed by atoms with Gasteiger partial charge in [0.05, 0.1) is 0 Å². The zero-order valence-electron chi connectivity index (χ0n) is 26.2. The second kappa shape index (κ2) is 13.2. The first-order valence-corrected chi connectivity index (χ1v) is 17.1. The summed E-state index contributed by atoms with van der Waals surface area (Å²) in [5, 5.41) is 0. The molecule has 38 heavy (non-hydrogen) atoms. The van der Waals surface area contributed by atoms with Gasteiger partial charge in [-0.05, 0) is 97.7 Å². The molecule has 2 nitrogen and oxygen atoms in total. The van der Waals surface area contributed by atoms with Crippen molar-refractivity contribution in [1.29, 1.82) is 0 Å². The second-order valence-corrected chi connectivity index (χ2v) is 15.2. The first-order valence-electron chi connectivity index (χ1n) is 17.1. The molecule has 0 heterocycles. The minimum Gasteiger partial charge on any atom is -0.462 e. The Kier molecular flexibility index (Phi) is 10.5. The number of rotatable bonds is 13. The van der Waals surface area contributed by atoms with E-state index >= 15 is 0 Å². The molecule has 0 amide bonds. The van der Waals surface area contributed by atoms with Crippen molar-refractivity contribution in [3.8, 4) is 0 Å². The molecule has 2 heteroatoms. The molecule has 0 aromatic rings. The lowest BCUT2D eigenvalue weighted by molar-refractivity contribution is -0.151. The summed E-state index contributed by atoms with van der Waals surface area (Å²) in [5.74, 6) is 5.34. The van der Waals surface area contributed by atoms with Gasteiger partial charge in [-0.25, -0.2) is 0 Å². The average Bonchev–Trinajstić information content (AvgIpc) is 3.23. The molecule has 0 N–H and O–H groups in total. The van der Waals surface area contributed by atoms with E-state index in [1.54, 1.807) is 5.57 Å². The largest absolute Gasteiger partial charge is 0.462 e. The number of ether oxygens (including phenoxy) is 1. The molecular weight excluding hydrogens is 464 g/mol. The van der Waals surface area contributed by atoms with Gasteiger partial charge in [0, 0.05) is 12.8 Å². The molecule has 0 aromatic heterocycles.